The first-order chi connectivity index (χ1) is 25.2. The predicted octanol–water partition coefficient (Wildman–Crippen LogP) is 22.5. The highest BCUT2D eigenvalue weighted by atomic mass is 14.1. The number of aryl methyl sites for hydroxylation is 1. The lowest BCUT2D eigenvalue weighted by molar-refractivity contribution is 0.385. The summed E-state index contributed by atoms with van der Waals surface area (Å²) in [5.41, 5.74) is 1.82. The van der Waals surface area contributed by atoms with Crippen molar-refractivity contribution in [2.75, 3.05) is 0 Å². The highest BCUT2D eigenvalue weighted by molar-refractivity contribution is 5.11. The zero-order chi connectivity index (χ0) is 44.7. The van der Waals surface area contributed by atoms with Crippen molar-refractivity contribution in [1.82, 2.24) is 0 Å². The molecular formula is C55H124. The quantitative estimate of drug-likeness (QED) is 0.219. The molecule has 0 heterocycles. The van der Waals surface area contributed by atoms with Crippen LogP contribution < -0.4 is 0 Å². The molecule has 2 rings (SSSR count). The molecule has 55 heavy (non-hydrogen) atoms. The van der Waals surface area contributed by atoms with Crippen molar-refractivity contribution in [1.29, 1.82) is 0 Å². The molecule has 0 amide bonds. The minimum absolute atomic E-state index is 0. The van der Waals surface area contributed by atoms with Gasteiger partial charge in [-0.25, -0.2) is 0 Å². The zero-order valence-electron chi connectivity index (χ0n) is 43.9. The minimum atomic E-state index is 0. The van der Waals surface area contributed by atoms with Crippen LogP contribution >= 0.6 is 0 Å². The molecular weight excluding hydrogens is 661 g/mol. The highest BCUT2D eigenvalue weighted by Crippen LogP contribution is 2.22. The second-order valence-corrected chi connectivity index (χ2v) is 17.9. The molecule has 1 aliphatic carbocycles. The van der Waals surface area contributed by atoms with Crippen LogP contribution in [0.15, 0.2) is 30.3 Å². The Morgan fingerprint density at radius 2 is 0.764 bits per heavy atom. The van der Waals surface area contributed by atoms with Gasteiger partial charge in [-0.3, -0.25) is 0 Å². The summed E-state index contributed by atoms with van der Waals surface area (Å²) < 4.78 is 0. The van der Waals surface area contributed by atoms with Gasteiger partial charge in [-0.1, -0.05) is 325 Å². The summed E-state index contributed by atoms with van der Waals surface area (Å²) >= 11 is 0. The average molecular weight is 786 g/mol. The summed E-state index contributed by atoms with van der Waals surface area (Å²) in [7, 11) is 0. The van der Waals surface area contributed by atoms with Gasteiger partial charge in [0.25, 0.3) is 0 Å². The van der Waals surface area contributed by atoms with Crippen LogP contribution in [0.2, 0.25) is 0 Å². The van der Waals surface area contributed by atoms with Gasteiger partial charge in [0.2, 0.25) is 0 Å². The molecule has 0 atom stereocenters. The molecule has 344 valence electrons. The molecule has 1 saturated carbocycles. The number of hydrogen-bond acceptors (Lipinski definition) is 0. The average Bonchev–Trinajstić information content (AvgIpc) is 3.11. The third kappa shape index (κ3) is 203. The second-order valence-electron chi connectivity index (χ2n) is 17.9. The van der Waals surface area contributed by atoms with E-state index in [-0.39, 0.29) is 7.43 Å². The fourth-order valence-electron chi connectivity index (χ4n) is 2.87. The minimum Gasteiger partial charge on any atom is -0.0776 e. The van der Waals surface area contributed by atoms with Crippen LogP contribution in [0, 0.1) is 36.0 Å². The first kappa shape index (κ1) is 78.5. The van der Waals surface area contributed by atoms with Crippen LogP contribution in [-0.4, -0.2) is 0 Å². The van der Waals surface area contributed by atoms with E-state index >= 15 is 0 Å². The number of rotatable bonds is 9. The number of benzene rings is 1. The number of unbranched alkanes of at least 4 members (excludes halogenated alkanes) is 7. The van der Waals surface area contributed by atoms with Gasteiger partial charge in [0.1, 0.15) is 0 Å². The molecule has 0 bridgehead atoms. The van der Waals surface area contributed by atoms with Gasteiger partial charge >= 0.3 is 0 Å². The summed E-state index contributed by atoms with van der Waals surface area (Å²) in [4.78, 5) is 0. The van der Waals surface area contributed by atoms with E-state index in [0.717, 1.165) is 23.7 Å². The van der Waals surface area contributed by atoms with Gasteiger partial charge in [-0.2, -0.15) is 0 Å². The lowest BCUT2D eigenvalue weighted by Gasteiger charge is -2.15. The Balaban J connectivity index is -0.0000000513. The molecule has 1 aromatic rings. The van der Waals surface area contributed by atoms with Crippen LogP contribution in [0.4, 0.5) is 0 Å². The summed E-state index contributed by atoms with van der Waals surface area (Å²) in [5.74, 6) is 3.64. The predicted molar refractivity (Wildman–Crippen MR) is 274 cm³/mol. The molecule has 0 heteroatoms. The van der Waals surface area contributed by atoms with E-state index in [1.54, 1.807) is 0 Å². The van der Waals surface area contributed by atoms with Crippen molar-refractivity contribution in [2.45, 2.75) is 296 Å². The maximum Gasteiger partial charge on any atom is -0.0398 e. The maximum absolute atomic E-state index is 2.36. The van der Waals surface area contributed by atoms with Crippen molar-refractivity contribution >= 4 is 0 Å². The Kier molecular flexibility index (Phi) is 111. The normalized spacial score (nSPS) is 10.8. The van der Waals surface area contributed by atoms with E-state index in [9.17, 15) is 0 Å². The van der Waals surface area contributed by atoms with Gasteiger partial charge in [0.05, 0.1) is 0 Å². The summed E-state index contributed by atoms with van der Waals surface area (Å²) in [5, 5.41) is 0. The van der Waals surface area contributed by atoms with Crippen molar-refractivity contribution < 1.29 is 0 Å². The summed E-state index contributed by atoms with van der Waals surface area (Å²) in [6, 6.07) is 10.3. The Morgan fingerprint density at radius 3 is 0.873 bits per heavy atom. The standard InChI is InChI=1S/C7H14.C7H8.C7H16.4C5H12.2C4H10.C3H8.C2H6.CH4/c2*1-7-5-3-2-4-6-7;1-3-5-7-6-4-2;1-5(2,3)4;2*1-4-5(2)3;1-3-5-4-2;1-4(2)3;1-3-4-2;1-3-2;1-2;/h7H,2-6H2,1H3;2-6H,1H3;3-7H2,1-2H3;1-4H3;2*5H,4H2,1-3H3;3-5H2,1-2H3;4H,1-3H3;3-4H2,1-2H3;3H2,1-2H3;1-2H3;1H4. The molecule has 0 N–H and O–H groups in total. The van der Waals surface area contributed by atoms with Gasteiger partial charge in [0, 0.05) is 0 Å². The van der Waals surface area contributed by atoms with Crippen LogP contribution in [0.3, 0.4) is 0 Å². The Bertz CT molecular complexity index is 557. The molecule has 0 radical (unpaired) electrons. The Morgan fingerprint density at radius 1 is 0.509 bits per heavy atom. The third-order valence-corrected chi connectivity index (χ3v) is 6.88. The summed E-state index contributed by atoms with van der Waals surface area (Å²) in [6.45, 7) is 54.5. The lowest BCUT2D eigenvalue weighted by Crippen LogP contribution is -1.99. The van der Waals surface area contributed by atoms with Gasteiger partial charge in [-0.15, -0.1) is 0 Å². The lowest BCUT2D eigenvalue weighted by atomic mass is 9.91. The molecule has 0 nitrogen and oxygen atoms in total. The van der Waals surface area contributed by atoms with E-state index in [4.69, 9.17) is 0 Å². The van der Waals surface area contributed by atoms with Crippen LogP contribution in [0.5, 0.6) is 0 Å². The van der Waals surface area contributed by atoms with Crippen LogP contribution in [0.1, 0.15) is 295 Å². The summed E-state index contributed by atoms with van der Waals surface area (Å²) in [6.07, 6.45) is 25.0. The van der Waals surface area contributed by atoms with E-state index < -0.39 is 0 Å². The molecule has 1 aromatic carbocycles. The molecule has 1 aliphatic rings. The molecule has 0 saturated heterocycles. The number of hydrogen-bond donors (Lipinski definition) is 0. The Labute approximate surface area is 359 Å². The van der Waals surface area contributed by atoms with Crippen molar-refractivity contribution in [2.24, 2.45) is 29.1 Å². The van der Waals surface area contributed by atoms with Crippen molar-refractivity contribution in [3.05, 3.63) is 35.9 Å². The highest BCUT2D eigenvalue weighted by Gasteiger charge is 2.06. The van der Waals surface area contributed by atoms with Gasteiger partial charge in [0.15, 0.2) is 0 Å². The van der Waals surface area contributed by atoms with E-state index in [1.165, 1.54) is 121 Å². The second kappa shape index (κ2) is 77.7. The first-order valence-electron chi connectivity index (χ1n) is 24.2. The molecule has 1 fully saturated rings. The molecule has 0 aromatic heterocycles. The fourth-order valence-corrected chi connectivity index (χ4v) is 2.87. The monoisotopic (exact) mass is 785 g/mol. The molecule has 0 unspecified atom stereocenters. The first-order valence-corrected chi connectivity index (χ1v) is 24.2. The largest absolute Gasteiger partial charge is 0.0776 e. The van der Waals surface area contributed by atoms with E-state index in [1.807, 2.05) is 32.0 Å². The van der Waals surface area contributed by atoms with Crippen molar-refractivity contribution in [3.63, 3.8) is 0 Å². The van der Waals surface area contributed by atoms with E-state index in [0.29, 0.717) is 5.41 Å². The topological polar surface area (TPSA) is 0 Å². The SMILES string of the molecule is C.CC.CC(C)(C)C.CC(C)C.CC1CCCCC1.CCC.CCC(C)C.CCC(C)C.CCCC.CCCCC.CCCCCCC.Cc1ccccc1. The van der Waals surface area contributed by atoms with Crippen molar-refractivity contribution in [3.8, 4) is 0 Å². The smallest absolute Gasteiger partial charge is 0.0398 e. The van der Waals surface area contributed by atoms with Gasteiger partial charge in [-0.05, 0) is 36.0 Å². The fraction of sp³-hybridized carbons (Fsp3) is 0.891. The van der Waals surface area contributed by atoms with Crippen LogP contribution in [-0.2, 0) is 0 Å². The Hall–Kier alpha value is -0.780. The van der Waals surface area contributed by atoms with Gasteiger partial charge < -0.3 is 0 Å². The van der Waals surface area contributed by atoms with Crippen LogP contribution in [0.25, 0.3) is 0 Å². The van der Waals surface area contributed by atoms with E-state index in [2.05, 4.69) is 171 Å². The maximum atomic E-state index is 2.36. The zero-order valence-corrected chi connectivity index (χ0v) is 43.9. The molecule has 0 spiro atoms. The molecule has 0 aliphatic heterocycles. The third-order valence-electron chi connectivity index (χ3n) is 6.88.